The molecule has 0 bridgehead atoms. The molecule has 0 aromatic rings. The average Bonchev–Trinajstić information content (AvgIpc) is 2.79. The Morgan fingerprint density at radius 1 is 1.40 bits per heavy atom. The van der Waals surface area contributed by atoms with Crippen molar-refractivity contribution in [1.82, 2.24) is 0 Å². The van der Waals surface area contributed by atoms with Gasteiger partial charge in [0.15, 0.2) is 9.84 Å². The highest BCUT2D eigenvalue weighted by Gasteiger charge is 2.58. The summed E-state index contributed by atoms with van der Waals surface area (Å²) in [4.78, 5) is 10.8. The first-order valence-corrected chi connectivity index (χ1v) is 6.87. The summed E-state index contributed by atoms with van der Waals surface area (Å²) in [6, 6.07) is 0. The van der Waals surface area contributed by atoms with Crippen molar-refractivity contribution in [1.29, 1.82) is 0 Å². The number of carbonyl (C=O) groups is 1. The highest BCUT2D eigenvalue weighted by molar-refractivity contribution is 7.93. The highest BCUT2D eigenvalue weighted by Crippen LogP contribution is 2.54. The van der Waals surface area contributed by atoms with Gasteiger partial charge in [-0.15, -0.1) is 0 Å². The Hall–Kier alpha value is -0.580. The second kappa shape index (κ2) is 2.97. The van der Waals surface area contributed by atoms with Crippen molar-refractivity contribution in [2.24, 2.45) is 17.8 Å². The minimum absolute atomic E-state index is 0.0311. The van der Waals surface area contributed by atoms with E-state index in [0.29, 0.717) is 12.8 Å². The molecule has 0 spiro atoms. The van der Waals surface area contributed by atoms with E-state index in [1.54, 1.807) is 13.8 Å². The molecule has 5 heteroatoms. The van der Waals surface area contributed by atoms with Gasteiger partial charge in [0, 0.05) is 0 Å². The molecule has 0 radical (unpaired) electrons. The minimum Gasteiger partial charge on any atom is -0.481 e. The molecule has 0 amide bonds. The minimum atomic E-state index is -3.02. The number of carboxylic acids is 1. The van der Waals surface area contributed by atoms with Crippen LogP contribution in [0.5, 0.6) is 0 Å². The second-order valence-corrected chi connectivity index (χ2v) is 7.85. The van der Waals surface area contributed by atoms with Gasteiger partial charge in [-0.2, -0.15) is 0 Å². The predicted octanol–water partition coefficient (Wildman–Crippen LogP) is 0.920. The monoisotopic (exact) mass is 232 g/mol. The predicted molar refractivity (Wildman–Crippen MR) is 55.2 cm³/mol. The van der Waals surface area contributed by atoms with E-state index in [1.807, 2.05) is 0 Å². The van der Waals surface area contributed by atoms with Crippen LogP contribution >= 0.6 is 0 Å². The van der Waals surface area contributed by atoms with Crippen molar-refractivity contribution >= 4 is 15.8 Å². The number of rotatable bonds is 2. The van der Waals surface area contributed by atoms with Crippen molar-refractivity contribution < 1.29 is 18.3 Å². The molecule has 1 aliphatic carbocycles. The van der Waals surface area contributed by atoms with E-state index in [0.717, 1.165) is 0 Å². The van der Waals surface area contributed by atoms with Crippen LogP contribution in [0.1, 0.15) is 26.7 Å². The Morgan fingerprint density at radius 2 is 2.00 bits per heavy atom. The van der Waals surface area contributed by atoms with Crippen LogP contribution in [0, 0.1) is 17.8 Å². The van der Waals surface area contributed by atoms with E-state index in [1.165, 1.54) is 0 Å². The lowest BCUT2D eigenvalue weighted by molar-refractivity contribution is -0.139. The van der Waals surface area contributed by atoms with Crippen LogP contribution in [0.4, 0.5) is 0 Å². The Kier molecular flexibility index (Phi) is 2.16. The first kappa shape index (κ1) is 10.9. The molecule has 15 heavy (non-hydrogen) atoms. The molecule has 3 atom stereocenters. The average molecular weight is 232 g/mol. The Bertz CT molecular complexity index is 396. The van der Waals surface area contributed by atoms with Crippen molar-refractivity contribution in [2.45, 2.75) is 31.4 Å². The molecule has 4 nitrogen and oxygen atoms in total. The lowest BCUT2D eigenvalue weighted by atomic mass is 9.87. The molecule has 1 aliphatic heterocycles. The van der Waals surface area contributed by atoms with E-state index < -0.39 is 20.6 Å². The summed E-state index contributed by atoms with van der Waals surface area (Å²) in [5, 5.41) is 8.83. The fourth-order valence-corrected chi connectivity index (χ4v) is 4.64. The number of carboxylic acid groups (broad SMARTS) is 1. The lowest BCUT2D eigenvalue weighted by Gasteiger charge is -2.25. The number of hydrogen-bond donors (Lipinski definition) is 1. The van der Waals surface area contributed by atoms with Gasteiger partial charge in [-0.3, -0.25) is 4.79 Å². The zero-order valence-corrected chi connectivity index (χ0v) is 9.75. The van der Waals surface area contributed by atoms with Crippen molar-refractivity contribution in [3.63, 3.8) is 0 Å². The Labute approximate surface area is 89.6 Å². The first-order chi connectivity index (χ1) is 6.77. The van der Waals surface area contributed by atoms with Gasteiger partial charge >= 0.3 is 5.97 Å². The molecule has 0 aromatic carbocycles. The fourth-order valence-electron chi connectivity index (χ4n) is 2.80. The molecular formula is C10H16O4S. The molecular weight excluding hydrogens is 216 g/mol. The van der Waals surface area contributed by atoms with Crippen molar-refractivity contribution in [2.75, 3.05) is 5.75 Å². The largest absolute Gasteiger partial charge is 0.481 e. The van der Waals surface area contributed by atoms with Crippen LogP contribution < -0.4 is 0 Å². The molecule has 2 aliphatic rings. The molecule has 1 N–H and O–H groups in total. The standard InChI is InChI=1S/C10H16O4S/c1-10(2)8(3-4-15(10,13)14)6-5-7(6)9(11)12/h6-8H,3-5H2,1-2H3,(H,11,12)/t6-,7-,8?/m1/s1. The summed E-state index contributed by atoms with van der Waals surface area (Å²) in [6.07, 6.45) is 1.28. The third-order valence-corrected chi connectivity index (χ3v) is 6.74. The third-order valence-electron chi connectivity index (χ3n) is 4.07. The maximum absolute atomic E-state index is 11.8. The molecule has 0 aromatic heterocycles. The summed E-state index contributed by atoms with van der Waals surface area (Å²) in [5.41, 5.74) is 0. The molecule has 2 fully saturated rings. The maximum atomic E-state index is 11.8. The van der Waals surface area contributed by atoms with Gasteiger partial charge in [0.25, 0.3) is 0 Å². The van der Waals surface area contributed by atoms with E-state index in [-0.39, 0.29) is 23.5 Å². The Morgan fingerprint density at radius 3 is 2.33 bits per heavy atom. The fraction of sp³-hybridized carbons (Fsp3) is 0.900. The Balaban J connectivity index is 2.18. The molecule has 1 saturated heterocycles. The van der Waals surface area contributed by atoms with Gasteiger partial charge in [-0.05, 0) is 38.5 Å². The van der Waals surface area contributed by atoms with Crippen molar-refractivity contribution in [3.05, 3.63) is 0 Å². The second-order valence-electron chi connectivity index (χ2n) is 5.16. The summed E-state index contributed by atoms with van der Waals surface area (Å²) >= 11 is 0. The highest BCUT2D eigenvalue weighted by atomic mass is 32.2. The number of aliphatic carboxylic acids is 1. The zero-order chi connectivity index (χ0) is 11.4. The summed E-state index contributed by atoms with van der Waals surface area (Å²) in [5.74, 6) is -0.755. The smallest absolute Gasteiger partial charge is 0.306 e. The SMILES string of the molecule is CC1(C)C([C@@H]2C[C@H]2C(=O)O)CCS1(=O)=O. The van der Waals surface area contributed by atoms with Crippen molar-refractivity contribution in [3.8, 4) is 0 Å². The van der Waals surface area contributed by atoms with Gasteiger partial charge in [0.1, 0.15) is 0 Å². The molecule has 1 saturated carbocycles. The van der Waals surface area contributed by atoms with Gasteiger partial charge < -0.3 is 5.11 Å². The van der Waals surface area contributed by atoms with E-state index >= 15 is 0 Å². The van der Waals surface area contributed by atoms with Crippen LogP contribution in [0.3, 0.4) is 0 Å². The summed E-state index contributed by atoms with van der Waals surface area (Å²) < 4.78 is 22.8. The third kappa shape index (κ3) is 1.48. The number of hydrogen-bond acceptors (Lipinski definition) is 3. The maximum Gasteiger partial charge on any atom is 0.306 e. The molecule has 1 unspecified atom stereocenters. The lowest BCUT2D eigenvalue weighted by Crippen LogP contribution is -2.35. The van der Waals surface area contributed by atoms with Gasteiger partial charge in [0.2, 0.25) is 0 Å². The van der Waals surface area contributed by atoms with E-state index in [4.69, 9.17) is 5.11 Å². The molecule has 86 valence electrons. The van der Waals surface area contributed by atoms with Gasteiger partial charge in [-0.1, -0.05) is 0 Å². The van der Waals surface area contributed by atoms with E-state index in [2.05, 4.69) is 0 Å². The first-order valence-electron chi connectivity index (χ1n) is 5.22. The zero-order valence-electron chi connectivity index (χ0n) is 8.93. The molecule has 1 heterocycles. The quantitative estimate of drug-likeness (QED) is 0.768. The van der Waals surface area contributed by atoms with Crippen LogP contribution in [0.25, 0.3) is 0 Å². The summed E-state index contributed by atoms with van der Waals surface area (Å²) in [6.45, 7) is 3.47. The van der Waals surface area contributed by atoms with E-state index in [9.17, 15) is 13.2 Å². The van der Waals surface area contributed by atoms with Crippen LogP contribution in [0.15, 0.2) is 0 Å². The van der Waals surface area contributed by atoms with Crippen LogP contribution in [-0.2, 0) is 14.6 Å². The topological polar surface area (TPSA) is 71.4 Å². The number of sulfone groups is 1. The summed E-state index contributed by atoms with van der Waals surface area (Å²) in [7, 11) is -3.02. The van der Waals surface area contributed by atoms with Crippen LogP contribution in [0.2, 0.25) is 0 Å². The van der Waals surface area contributed by atoms with Gasteiger partial charge in [-0.25, -0.2) is 8.42 Å². The van der Waals surface area contributed by atoms with Gasteiger partial charge in [0.05, 0.1) is 16.4 Å². The normalized spacial score (nSPS) is 41.3. The molecule has 2 rings (SSSR count). The van der Waals surface area contributed by atoms with Crippen LogP contribution in [-0.4, -0.2) is 30.0 Å².